The minimum Gasteiger partial charge on any atom is -0.345 e. The van der Waals surface area contributed by atoms with E-state index >= 15 is 0 Å². The molecule has 0 aromatic carbocycles. The highest BCUT2D eigenvalue weighted by Gasteiger charge is 2.47. The van der Waals surface area contributed by atoms with Crippen molar-refractivity contribution in [3.8, 4) is 0 Å². The number of hydrogen-bond acceptors (Lipinski definition) is 6. The maximum atomic E-state index is 13.2. The number of carbonyl (C=O) groups is 2. The molecular formula is C18H30N2O6S. The second kappa shape index (κ2) is 7.67. The number of hydrogen-bond donors (Lipinski definition) is 0. The molecule has 1 atom stereocenters. The molecule has 0 aromatic rings. The first-order valence-corrected chi connectivity index (χ1v) is 11.7. The van der Waals surface area contributed by atoms with Gasteiger partial charge in [-0.15, -0.1) is 0 Å². The molecular weight excluding hydrogens is 372 g/mol. The molecule has 1 saturated carbocycles. The number of rotatable bonds is 3. The standard InChI is InChI=1S/C18H30N2O6S/c1-17(6-4-3-5-7-17)16(22)20-9-11-26-18(14-20)13-19(8-10-25-18)15(21)12-27(2,23)24/h3-14H2,1-2H3. The maximum absolute atomic E-state index is 13.2. The van der Waals surface area contributed by atoms with Crippen molar-refractivity contribution in [2.75, 3.05) is 51.4 Å². The average Bonchev–Trinajstić information content (AvgIpc) is 2.60. The third-order valence-corrected chi connectivity index (χ3v) is 6.59. The predicted molar refractivity (Wildman–Crippen MR) is 98.7 cm³/mol. The van der Waals surface area contributed by atoms with E-state index in [2.05, 4.69) is 0 Å². The minimum absolute atomic E-state index is 0.132. The summed E-state index contributed by atoms with van der Waals surface area (Å²) < 4.78 is 34.6. The largest absolute Gasteiger partial charge is 0.345 e. The lowest BCUT2D eigenvalue weighted by molar-refractivity contribution is -0.287. The second-order valence-corrected chi connectivity index (χ2v) is 10.5. The summed E-state index contributed by atoms with van der Waals surface area (Å²) in [6, 6.07) is 0. The first-order valence-electron chi connectivity index (χ1n) is 9.65. The van der Waals surface area contributed by atoms with Crippen molar-refractivity contribution in [3.63, 3.8) is 0 Å². The second-order valence-electron chi connectivity index (χ2n) is 8.34. The summed E-state index contributed by atoms with van der Waals surface area (Å²) in [5, 5.41) is 0. The van der Waals surface area contributed by atoms with Crippen LogP contribution in [0.1, 0.15) is 39.0 Å². The van der Waals surface area contributed by atoms with Crippen molar-refractivity contribution in [2.24, 2.45) is 5.41 Å². The monoisotopic (exact) mass is 402 g/mol. The number of nitrogens with zero attached hydrogens (tertiary/aromatic N) is 2. The van der Waals surface area contributed by atoms with E-state index < -0.39 is 27.3 Å². The molecule has 2 heterocycles. The van der Waals surface area contributed by atoms with Gasteiger partial charge >= 0.3 is 0 Å². The lowest BCUT2D eigenvalue weighted by Gasteiger charge is -2.49. The van der Waals surface area contributed by atoms with Crippen LogP contribution in [0.15, 0.2) is 0 Å². The van der Waals surface area contributed by atoms with Gasteiger partial charge in [-0.2, -0.15) is 0 Å². The summed E-state index contributed by atoms with van der Waals surface area (Å²) in [7, 11) is -3.40. The average molecular weight is 403 g/mol. The Labute approximate surface area is 161 Å². The molecule has 0 bridgehead atoms. The van der Waals surface area contributed by atoms with Gasteiger partial charge in [0.15, 0.2) is 9.84 Å². The number of sulfone groups is 1. The van der Waals surface area contributed by atoms with Crippen LogP contribution in [0.25, 0.3) is 0 Å². The first-order chi connectivity index (χ1) is 12.6. The lowest BCUT2D eigenvalue weighted by Crippen LogP contribution is -2.65. The first kappa shape index (κ1) is 20.5. The minimum atomic E-state index is -3.40. The van der Waals surface area contributed by atoms with Gasteiger partial charge in [0.1, 0.15) is 5.75 Å². The van der Waals surface area contributed by atoms with E-state index in [1.54, 1.807) is 4.90 Å². The fourth-order valence-electron chi connectivity index (χ4n) is 4.33. The molecule has 3 fully saturated rings. The number of carbonyl (C=O) groups excluding carboxylic acids is 2. The van der Waals surface area contributed by atoms with Gasteiger partial charge in [-0.3, -0.25) is 9.59 Å². The summed E-state index contributed by atoms with van der Waals surface area (Å²) in [6.45, 7) is 3.89. The number of ether oxygens (including phenoxy) is 2. The third kappa shape index (κ3) is 4.81. The van der Waals surface area contributed by atoms with Gasteiger partial charge in [-0.25, -0.2) is 8.42 Å². The topological polar surface area (TPSA) is 93.2 Å². The van der Waals surface area contributed by atoms with E-state index in [4.69, 9.17) is 9.47 Å². The Morgan fingerprint density at radius 3 is 2.11 bits per heavy atom. The van der Waals surface area contributed by atoms with Crippen LogP contribution in [0.4, 0.5) is 0 Å². The zero-order chi connectivity index (χ0) is 19.7. The molecule has 1 aliphatic carbocycles. The molecule has 2 aliphatic heterocycles. The molecule has 0 N–H and O–H groups in total. The molecule has 3 rings (SSSR count). The molecule has 154 valence electrons. The highest BCUT2D eigenvalue weighted by Crippen LogP contribution is 2.38. The summed E-state index contributed by atoms with van der Waals surface area (Å²) in [5.41, 5.74) is -0.336. The Bertz CT molecular complexity index is 684. The molecule has 1 unspecified atom stereocenters. The van der Waals surface area contributed by atoms with E-state index in [1.807, 2.05) is 6.92 Å². The molecule has 8 nitrogen and oxygen atoms in total. The summed E-state index contributed by atoms with van der Waals surface area (Å²) in [4.78, 5) is 28.7. The van der Waals surface area contributed by atoms with E-state index in [0.29, 0.717) is 19.7 Å². The van der Waals surface area contributed by atoms with Crippen LogP contribution in [0.3, 0.4) is 0 Å². The van der Waals surface area contributed by atoms with Gasteiger partial charge in [-0.05, 0) is 12.8 Å². The van der Waals surface area contributed by atoms with E-state index in [-0.39, 0.29) is 31.0 Å². The lowest BCUT2D eigenvalue weighted by atomic mass is 9.74. The molecule has 0 aromatic heterocycles. The van der Waals surface area contributed by atoms with E-state index in [1.165, 1.54) is 11.3 Å². The molecule has 3 aliphatic rings. The van der Waals surface area contributed by atoms with E-state index in [0.717, 1.165) is 31.9 Å². The molecule has 1 spiro atoms. The van der Waals surface area contributed by atoms with Gasteiger partial charge in [0.25, 0.3) is 0 Å². The van der Waals surface area contributed by atoms with Gasteiger partial charge in [0, 0.05) is 24.8 Å². The van der Waals surface area contributed by atoms with Crippen molar-refractivity contribution in [1.29, 1.82) is 0 Å². The number of amides is 2. The SMILES string of the molecule is CC1(C(=O)N2CCOC3(CN(C(=O)CS(C)(=O)=O)CCO3)C2)CCCCC1. The fourth-order valence-corrected chi connectivity index (χ4v) is 4.96. The quantitative estimate of drug-likeness (QED) is 0.679. The van der Waals surface area contributed by atoms with Crippen molar-refractivity contribution in [1.82, 2.24) is 9.80 Å². The van der Waals surface area contributed by atoms with Gasteiger partial charge in [-0.1, -0.05) is 26.2 Å². The van der Waals surface area contributed by atoms with Crippen LogP contribution in [-0.2, 0) is 28.9 Å². The van der Waals surface area contributed by atoms with Gasteiger partial charge < -0.3 is 19.3 Å². The highest BCUT2D eigenvalue weighted by molar-refractivity contribution is 7.91. The molecule has 0 radical (unpaired) electrons. The smallest absolute Gasteiger partial charge is 0.238 e. The fraction of sp³-hybridized carbons (Fsp3) is 0.889. The Balaban J connectivity index is 1.68. The van der Waals surface area contributed by atoms with E-state index in [9.17, 15) is 18.0 Å². The Kier molecular flexibility index (Phi) is 5.84. The zero-order valence-electron chi connectivity index (χ0n) is 16.2. The van der Waals surface area contributed by atoms with Crippen LogP contribution in [0.5, 0.6) is 0 Å². The highest BCUT2D eigenvalue weighted by atomic mass is 32.2. The van der Waals surface area contributed by atoms with Crippen molar-refractivity contribution >= 4 is 21.7 Å². The zero-order valence-corrected chi connectivity index (χ0v) is 17.1. The summed E-state index contributed by atoms with van der Waals surface area (Å²) in [5.74, 6) is -1.91. The van der Waals surface area contributed by atoms with Crippen LogP contribution in [-0.4, -0.2) is 87.2 Å². The maximum Gasteiger partial charge on any atom is 0.238 e. The number of morpholine rings is 2. The summed E-state index contributed by atoms with van der Waals surface area (Å²) >= 11 is 0. The normalized spacial score (nSPS) is 29.0. The van der Waals surface area contributed by atoms with Crippen molar-refractivity contribution in [3.05, 3.63) is 0 Å². The van der Waals surface area contributed by atoms with Gasteiger partial charge in [0.2, 0.25) is 17.6 Å². The Morgan fingerprint density at radius 2 is 1.52 bits per heavy atom. The van der Waals surface area contributed by atoms with Crippen LogP contribution in [0, 0.1) is 5.41 Å². The molecule has 27 heavy (non-hydrogen) atoms. The molecule has 9 heteroatoms. The van der Waals surface area contributed by atoms with Crippen molar-refractivity contribution in [2.45, 2.75) is 44.8 Å². The predicted octanol–water partition coefficient (Wildman–Crippen LogP) is 0.415. The van der Waals surface area contributed by atoms with Gasteiger partial charge in [0.05, 0.1) is 26.3 Å². The Hall–Kier alpha value is -1.19. The molecule has 2 amide bonds. The molecule has 2 saturated heterocycles. The van der Waals surface area contributed by atoms with Crippen LogP contribution >= 0.6 is 0 Å². The van der Waals surface area contributed by atoms with Crippen LogP contribution < -0.4 is 0 Å². The van der Waals surface area contributed by atoms with Crippen molar-refractivity contribution < 1.29 is 27.5 Å². The van der Waals surface area contributed by atoms with Crippen LogP contribution in [0.2, 0.25) is 0 Å². The third-order valence-electron chi connectivity index (χ3n) is 5.82. The summed E-state index contributed by atoms with van der Waals surface area (Å²) in [6.07, 6.45) is 6.16. The Morgan fingerprint density at radius 1 is 0.963 bits per heavy atom.